The number of hydrogen-bond donors (Lipinski definition) is 1. The molecule has 5 rings (SSSR count). The Balaban J connectivity index is 1.58. The van der Waals surface area contributed by atoms with E-state index in [4.69, 9.17) is 9.47 Å². The zero-order valence-electron chi connectivity index (χ0n) is 18.6. The molecule has 1 amide bonds. The molecule has 2 atom stereocenters. The van der Waals surface area contributed by atoms with E-state index >= 15 is 0 Å². The van der Waals surface area contributed by atoms with Gasteiger partial charge in [-0.25, -0.2) is 0 Å². The van der Waals surface area contributed by atoms with E-state index in [9.17, 15) is 4.79 Å². The molecule has 3 heterocycles. The van der Waals surface area contributed by atoms with E-state index in [1.807, 2.05) is 43.0 Å². The van der Waals surface area contributed by atoms with Crippen molar-refractivity contribution in [3.05, 3.63) is 42.0 Å². The molecule has 3 aliphatic heterocycles. The first-order valence-corrected chi connectivity index (χ1v) is 11.5. The third-order valence-electron chi connectivity index (χ3n) is 6.98. The summed E-state index contributed by atoms with van der Waals surface area (Å²) >= 11 is 0. The average molecular weight is 422 g/mol. The van der Waals surface area contributed by atoms with Gasteiger partial charge in [-0.3, -0.25) is 4.79 Å². The number of para-hydroxylation sites is 1. The average Bonchev–Trinajstić information content (AvgIpc) is 3.14. The number of piperidine rings is 1. The van der Waals surface area contributed by atoms with Gasteiger partial charge in [0, 0.05) is 36.8 Å². The van der Waals surface area contributed by atoms with E-state index < -0.39 is 0 Å². The number of hydrogen-bond acceptors (Lipinski definition) is 5. The van der Waals surface area contributed by atoms with Crippen LogP contribution in [-0.2, 0) is 0 Å². The Hall–Kier alpha value is -2.73. The molecule has 2 aromatic rings. The number of rotatable bonds is 5. The van der Waals surface area contributed by atoms with Crippen LogP contribution in [0.3, 0.4) is 0 Å². The van der Waals surface area contributed by atoms with E-state index in [0.717, 1.165) is 35.7 Å². The predicted octanol–water partition coefficient (Wildman–Crippen LogP) is 4.70. The Morgan fingerprint density at radius 3 is 2.55 bits per heavy atom. The second-order valence-corrected chi connectivity index (χ2v) is 8.70. The van der Waals surface area contributed by atoms with Crippen LogP contribution in [0.5, 0.6) is 17.2 Å². The topological polar surface area (TPSA) is 54.0 Å². The molecule has 164 valence electrons. The number of anilines is 2. The van der Waals surface area contributed by atoms with E-state index in [-0.39, 0.29) is 5.91 Å². The fraction of sp³-hybridized carbons (Fsp3) is 0.480. The number of amides is 1. The Morgan fingerprint density at radius 1 is 1.13 bits per heavy atom. The maximum atomic E-state index is 13.0. The number of methoxy groups -OCH3 is 1. The van der Waals surface area contributed by atoms with Crippen molar-refractivity contribution in [2.24, 2.45) is 0 Å². The van der Waals surface area contributed by atoms with Crippen molar-refractivity contribution in [1.82, 2.24) is 10.2 Å². The first kappa shape index (κ1) is 20.2. The molecule has 2 unspecified atom stereocenters. The van der Waals surface area contributed by atoms with Crippen molar-refractivity contribution in [2.45, 2.75) is 57.7 Å². The minimum Gasteiger partial charge on any atom is -0.493 e. The summed E-state index contributed by atoms with van der Waals surface area (Å²) in [6, 6.07) is 13.5. The number of benzene rings is 2. The second-order valence-electron chi connectivity index (χ2n) is 8.70. The zero-order chi connectivity index (χ0) is 21.5. The lowest BCUT2D eigenvalue weighted by Crippen LogP contribution is -2.47. The molecule has 2 saturated heterocycles. The minimum absolute atomic E-state index is 0.0358. The van der Waals surface area contributed by atoms with Crippen LogP contribution in [0.15, 0.2) is 36.4 Å². The number of ether oxygens (including phenoxy) is 2. The Kier molecular flexibility index (Phi) is 5.26. The highest BCUT2D eigenvalue weighted by atomic mass is 16.5. The summed E-state index contributed by atoms with van der Waals surface area (Å²) < 4.78 is 12.0. The van der Waals surface area contributed by atoms with E-state index in [1.54, 1.807) is 7.11 Å². The summed E-state index contributed by atoms with van der Waals surface area (Å²) in [7, 11) is 1.67. The summed E-state index contributed by atoms with van der Waals surface area (Å²) in [5.74, 6) is 2.20. The van der Waals surface area contributed by atoms with Crippen molar-refractivity contribution in [2.75, 3.05) is 25.1 Å². The lowest BCUT2D eigenvalue weighted by molar-refractivity contribution is 0.0772. The number of nitrogens with zero attached hydrogens (tertiary/aromatic N) is 2. The molecule has 0 radical (unpaired) electrons. The van der Waals surface area contributed by atoms with Crippen LogP contribution in [-0.4, -0.2) is 49.1 Å². The summed E-state index contributed by atoms with van der Waals surface area (Å²) in [6.07, 6.45) is 4.71. The molecule has 0 spiro atoms. The number of carbonyl (C=O) groups excluding carboxylic acids is 1. The van der Waals surface area contributed by atoms with Crippen molar-refractivity contribution in [3.8, 4) is 17.2 Å². The lowest BCUT2D eigenvalue weighted by Gasteiger charge is -2.42. The smallest absolute Gasteiger partial charge is 0.253 e. The molecule has 0 aromatic heterocycles. The van der Waals surface area contributed by atoms with Crippen molar-refractivity contribution in [1.29, 1.82) is 0 Å². The van der Waals surface area contributed by atoms with Gasteiger partial charge in [-0.05, 0) is 69.9 Å². The van der Waals surface area contributed by atoms with Gasteiger partial charge in [-0.2, -0.15) is 0 Å². The molecule has 2 fully saturated rings. The second kappa shape index (κ2) is 8.08. The Labute approximate surface area is 184 Å². The van der Waals surface area contributed by atoms with Gasteiger partial charge >= 0.3 is 0 Å². The summed E-state index contributed by atoms with van der Waals surface area (Å²) in [4.78, 5) is 17.2. The third-order valence-corrected chi connectivity index (χ3v) is 6.98. The first-order chi connectivity index (χ1) is 15.1. The van der Waals surface area contributed by atoms with Gasteiger partial charge in [0.15, 0.2) is 17.2 Å². The summed E-state index contributed by atoms with van der Waals surface area (Å²) in [6.45, 7) is 5.39. The molecule has 3 aliphatic rings. The predicted molar refractivity (Wildman–Crippen MR) is 122 cm³/mol. The SMILES string of the molecule is CCN(CC)C(=O)c1ccc2c(c1)Oc1c(OC)cccc1N2C1CC2CCC(C1)N2. The minimum atomic E-state index is 0.0358. The van der Waals surface area contributed by atoms with Crippen LogP contribution < -0.4 is 19.7 Å². The maximum Gasteiger partial charge on any atom is 0.253 e. The van der Waals surface area contributed by atoms with Gasteiger partial charge < -0.3 is 24.6 Å². The van der Waals surface area contributed by atoms with E-state index in [2.05, 4.69) is 22.3 Å². The van der Waals surface area contributed by atoms with E-state index in [0.29, 0.717) is 42.5 Å². The highest BCUT2D eigenvalue weighted by Gasteiger charge is 2.40. The van der Waals surface area contributed by atoms with E-state index in [1.165, 1.54) is 12.8 Å². The third kappa shape index (κ3) is 3.43. The van der Waals surface area contributed by atoms with Gasteiger partial charge in [0.1, 0.15) is 0 Å². The molecule has 2 aromatic carbocycles. The molecule has 31 heavy (non-hydrogen) atoms. The molecular formula is C25H31N3O3. The fourth-order valence-electron chi connectivity index (χ4n) is 5.45. The molecule has 0 aliphatic carbocycles. The molecular weight excluding hydrogens is 390 g/mol. The largest absolute Gasteiger partial charge is 0.493 e. The summed E-state index contributed by atoms with van der Waals surface area (Å²) in [5, 5.41) is 3.75. The highest BCUT2D eigenvalue weighted by molar-refractivity contribution is 5.96. The Bertz CT molecular complexity index is 976. The maximum absolute atomic E-state index is 13.0. The number of nitrogens with one attached hydrogen (secondary N) is 1. The van der Waals surface area contributed by atoms with Crippen LogP contribution in [0.1, 0.15) is 49.9 Å². The van der Waals surface area contributed by atoms with Crippen LogP contribution in [0.2, 0.25) is 0 Å². The van der Waals surface area contributed by atoms with Crippen LogP contribution in [0, 0.1) is 0 Å². The monoisotopic (exact) mass is 421 g/mol. The van der Waals surface area contributed by atoms with Crippen molar-refractivity contribution >= 4 is 17.3 Å². The molecule has 6 nitrogen and oxygen atoms in total. The Morgan fingerprint density at radius 2 is 1.87 bits per heavy atom. The van der Waals surface area contributed by atoms with Crippen LogP contribution in [0.25, 0.3) is 0 Å². The zero-order valence-corrected chi connectivity index (χ0v) is 18.6. The number of fused-ring (bicyclic) bond motifs is 4. The molecule has 0 saturated carbocycles. The summed E-state index contributed by atoms with van der Waals surface area (Å²) in [5.41, 5.74) is 2.73. The van der Waals surface area contributed by atoms with Crippen LogP contribution >= 0.6 is 0 Å². The molecule has 2 bridgehead atoms. The van der Waals surface area contributed by atoms with Gasteiger partial charge in [-0.15, -0.1) is 0 Å². The van der Waals surface area contributed by atoms with Crippen molar-refractivity contribution < 1.29 is 14.3 Å². The van der Waals surface area contributed by atoms with Crippen LogP contribution in [0.4, 0.5) is 11.4 Å². The number of carbonyl (C=O) groups is 1. The highest BCUT2D eigenvalue weighted by Crippen LogP contribution is 2.53. The standard InChI is InChI=1S/C25H31N3O3/c1-4-27(5-2)25(29)16-9-12-20-23(13-16)31-24-21(7-6-8-22(24)30-3)28(20)19-14-17-10-11-18(15-19)26-17/h6-9,12-13,17-19,26H,4-5,10-11,14-15H2,1-3H3. The van der Waals surface area contributed by atoms with Gasteiger partial charge in [0.25, 0.3) is 5.91 Å². The molecule has 6 heteroatoms. The lowest BCUT2D eigenvalue weighted by atomic mass is 9.95. The normalized spacial score (nSPS) is 23.6. The molecule has 1 N–H and O–H groups in total. The van der Waals surface area contributed by atoms with Crippen molar-refractivity contribution in [3.63, 3.8) is 0 Å². The quantitative estimate of drug-likeness (QED) is 0.758. The van der Waals surface area contributed by atoms with Gasteiger partial charge in [-0.1, -0.05) is 6.07 Å². The first-order valence-electron chi connectivity index (χ1n) is 11.5. The fourth-order valence-corrected chi connectivity index (χ4v) is 5.45. The van der Waals surface area contributed by atoms with Gasteiger partial charge in [0.2, 0.25) is 0 Å². The van der Waals surface area contributed by atoms with Gasteiger partial charge in [0.05, 0.1) is 18.5 Å².